The van der Waals surface area contributed by atoms with E-state index in [0.717, 1.165) is 16.8 Å². The van der Waals surface area contributed by atoms with Gasteiger partial charge in [0.2, 0.25) is 11.8 Å². The van der Waals surface area contributed by atoms with Gasteiger partial charge in [-0.2, -0.15) is 5.10 Å². The molecule has 2 aliphatic heterocycles. The van der Waals surface area contributed by atoms with Crippen LogP contribution in [0.3, 0.4) is 0 Å². The van der Waals surface area contributed by atoms with Gasteiger partial charge in [0.1, 0.15) is 12.2 Å². The number of aromatic nitrogens is 6. The molecule has 220 valence electrons. The van der Waals surface area contributed by atoms with E-state index in [9.17, 15) is 19.5 Å². The summed E-state index contributed by atoms with van der Waals surface area (Å²) in [5, 5.41) is 25.3. The highest BCUT2D eigenvalue weighted by molar-refractivity contribution is 6.30. The Hall–Kier alpha value is -4.84. The molecular weight excluding hydrogens is 572 g/mol. The van der Waals surface area contributed by atoms with Gasteiger partial charge < -0.3 is 15.3 Å². The molecule has 2 atom stereocenters. The Labute approximate surface area is 252 Å². The first-order valence-electron chi connectivity index (χ1n) is 14.0. The molecule has 0 saturated heterocycles. The first-order chi connectivity index (χ1) is 20.8. The van der Waals surface area contributed by atoms with Crippen molar-refractivity contribution in [2.75, 3.05) is 11.9 Å². The summed E-state index contributed by atoms with van der Waals surface area (Å²) < 4.78 is 2.94. The Balaban J connectivity index is 1.36. The van der Waals surface area contributed by atoms with Crippen molar-refractivity contribution in [1.82, 2.24) is 34.7 Å². The molecule has 1 aromatic carbocycles. The van der Waals surface area contributed by atoms with E-state index in [1.807, 2.05) is 30.0 Å². The Bertz CT molecular complexity index is 1730. The highest BCUT2D eigenvalue weighted by Gasteiger charge is 2.31. The number of fused-ring (bicyclic) bond motifs is 4. The van der Waals surface area contributed by atoms with E-state index >= 15 is 0 Å². The smallest absolute Gasteiger partial charge is 0.325 e. The van der Waals surface area contributed by atoms with Crippen LogP contribution >= 0.6 is 11.6 Å². The van der Waals surface area contributed by atoms with Crippen LogP contribution in [0.2, 0.25) is 5.02 Å². The van der Waals surface area contributed by atoms with Crippen molar-refractivity contribution in [3.05, 3.63) is 77.5 Å². The molecule has 2 aliphatic rings. The number of aliphatic carboxylic acids is 1. The lowest BCUT2D eigenvalue weighted by Gasteiger charge is -2.34. The average molecular weight is 601 g/mol. The van der Waals surface area contributed by atoms with Crippen LogP contribution in [0.5, 0.6) is 0 Å². The number of nitrogens with zero attached hydrogens (tertiary/aromatic N) is 7. The molecule has 4 aromatic rings. The first-order valence-corrected chi connectivity index (χ1v) is 14.4. The minimum absolute atomic E-state index is 0.146. The minimum Gasteiger partial charge on any atom is -0.480 e. The SMILES string of the molecule is C[C@@H]1CCC[C@H](N2CCC(c3cc(Cl)ccc3-n3ccnn3)=CC2=O)c2cc(ccn2)-c2nn(CC(=O)O)cc2NC1=O. The Kier molecular flexibility index (Phi) is 7.76. The molecule has 0 spiro atoms. The second kappa shape index (κ2) is 11.8. The number of carbonyl (C=O) groups excluding carboxylic acids is 2. The number of anilines is 1. The topological polar surface area (TPSA) is 148 Å². The minimum atomic E-state index is -1.05. The third-order valence-electron chi connectivity index (χ3n) is 7.83. The second-order valence-electron chi connectivity index (χ2n) is 10.7. The van der Waals surface area contributed by atoms with Crippen molar-refractivity contribution >= 4 is 40.6 Å². The van der Waals surface area contributed by atoms with Crippen molar-refractivity contribution in [2.45, 2.75) is 45.2 Å². The van der Waals surface area contributed by atoms with Crippen LogP contribution in [0.4, 0.5) is 5.69 Å². The Morgan fingerprint density at radius 2 is 2.02 bits per heavy atom. The zero-order chi connectivity index (χ0) is 30.1. The van der Waals surface area contributed by atoms with Crippen molar-refractivity contribution < 1.29 is 19.5 Å². The van der Waals surface area contributed by atoms with Gasteiger partial charge in [-0.05, 0) is 55.2 Å². The summed E-state index contributed by atoms with van der Waals surface area (Å²) in [7, 11) is 0. The molecule has 0 fully saturated rings. The van der Waals surface area contributed by atoms with Crippen molar-refractivity contribution in [3.63, 3.8) is 0 Å². The predicted octanol–water partition coefficient (Wildman–Crippen LogP) is 4.38. The van der Waals surface area contributed by atoms with Gasteiger partial charge in [0.05, 0.1) is 35.5 Å². The maximum absolute atomic E-state index is 13.8. The molecule has 12 nitrogen and oxygen atoms in total. The van der Waals surface area contributed by atoms with Gasteiger partial charge in [-0.3, -0.25) is 24.0 Å². The largest absolute Gasteiger partial charge is 0.480 e. The van der Waals surface area contributed by atoms with E-state index in [1.54, 1.807) is 41.5 Å². The van der Waals surface area contributed by atoms with Gasteiger partial charge in [0.15, 0.2) is 0 Å². The van der Waals surface area contributed by atoms with Gasteiger partial charge >= 0.3 is 5.97 Å². The molecule has 2 N–H and O–H groups in total. The average Bonchev–Trinajstić information content (AvgIpc) is 3.65. The highest BCUT2D eigenvalue weighted by atomic mass is 35.5. The van der Waals surface area contributed by atoms with E-state index in [2.05, 4.69) is 25.7 Å². The molecule has 0 saturated carbocycles. The lowest BCUT2D eigenvalue weighted by molar-refractivity contribution is -0.138. The predicted molar refractivity (Wildman–Crippen MR) is 158 cm³/mol. The van der Waals surface area contributed by atoms with E-state index in [0.29, 0.717) is 59.9 Å². The van der Waals surface area contributed by atoms with Crippen LogP contribution in [-0.2, 0) is 20.9 Å². The number of rotatable bonds is 5. The van der Waals surface area contributed by atoms with Crippen LogP contribution in [0, 0.1) is 5.92 Å². The molecule has 13 heteroatoms. The maximum Gasteiger partial charge on any atom is 0.325 e. The number of carbonyl (C=O) groups is 3. The van der Waals surface area contributed by atoms with Crippen molar-refractivity contribution in [3.8, 4) is 16.9 Å². The van der Waals surface area contributed by atoms with Crippen LogP contribution in [-0.4, -0.2) is 64.1 Å². The van der Waals surface area contributed by atoms with Crippen LogP contribution in [0.1, 0.15) is 49.9 Å². The third kappa shape index (κ3) is 5.91. The fraction of sp³-hybridized carbons (Fsp3) is 0.300. The maximum atomic E-state index is 13.8. The van der Waals surface area contributed by atoms with Gasteiger partial charge in [0.25, 0.3) is 0 Å². The first kappa shape index (κ1) is 28.3. The third-order valence-corrected chi connectivity index (χ3v) is 8.06. The number of nitrogens with one attached hydrogen (secondary N) is 1. The zero-order valence-corrected chi connectivity index (χ0v) is 24.1. The van der Waals surface area contributed by atoms with Gasteiger partial charge in [-0.25, -0.2) is 4.68 Å². The van der Waals surface area contributed by atoms with E-state index in [4.69, 9.17) is 11.6 Å². The summed E-state index contributed by atoms with van der Waals surface area (Å²) in [6, 6.07) is 8.77. The van der Waals surface area contributed by atoms with Crippen molar-refractivity contribution in [1.29, 1.82) is 0 Å². The van der Waals surface area contributed by atoms with Crippen LogP contribution < -0.4 is 5.32 Å². The summed E-state index contributed by atoms with van der Waals surface area (Å²) >= 11 is 6.35. The fourth-order valence-corrected chi connectivity index (χ4v) is 5.84. The summed E-state index contributed by atoms with van der Waals surface area (Å²) in [5.41, 5.74) is 4.68. The molecule has 2 amide bonds. The van der Waals surface area contributed by atoms with E-state index < -0.39 is 5.97 Å². The molecule has 5 heterocycles. The van der Waals surface area contributed by atoms with Crippen molar-refractivity contribution in [2.24, 2.45) is 5.92 Å². The quantitative estimate of drug-likeness (QED) is 0.343. The van der Waals surface area contributed by atoms with E-state index in [1.165, 1.54) is 10.9 Å². The molecule has 2 bridgehead atoms. The molecule has 6 rings (SSSR count). The molecule has 43 heavy (non-hydrogen) atoms. The number of benzene rings is 1. The second-order valence-corrected chi connectivity index (χ2v) is 11.2. The number of pyridine rings is 1. The Morgan fingerprint density at radius 3 is 2.79 bits per heavy atom. The number of amides is 2. The summed E-state index contributed by atoms with van der Waals surface area (Å²) in [6.07, 6.45) is 10.7. The number of carboxylic acid groups (broad SMARTS) is 1. The molecule has 3 aromatic heterocycles. The molecular formula is C30H29ClN8O4. The number of hydrogen-bond donors (Lipinski definition) is 2. The zero-order valence-electron chi connectivity index (χ0n) is 23.4. The summed E-state index contributed by atoms with van der Waals surface area (Å²) in [4.78, 5) is 44.6. The monoisotopic (exact) mass is 600 g/mol. The number of halogens is 1. The summed E-state index contributed by atoms with van der Waals surface area (Å²) in [6.45, 7) is 1.97. The van der Waals surface area contributed by atoms with E-state index in [-0.39, 0.29) is 30.3 Å². The lowest BCUT2D eigenvalue weighted by atomic mass is 9.93. The van der Waals surface area contributed by atoms with Crippen LogP contribution in [0.25, 0.3) is 22.5 Å². The van der Waals surface area contributed by atoms with Gasteiger partial charge in [0, 0.05) is 47.1 Å². The normalized spacial score (nSPS) is 19.1. The lowest BCUT2D eigenvalue weighted by Crippen LogP contribution is -2.38. The summed E-state index contributed by atoms with van der Waals surface area (Å²) in [5.74, 6) is -1.67. The molecule has 0 radical (unpaired) electrons. The molecule has 0 unspecified atom stereocenters. The van der Waals surface area contributed by atoms with Gasteiger partial charge in [-0.15, -0.1) is 5.10 Å². The number of carboxylic acids is 1. The number of hydrogen-bond acceptors (Lipinski definition) is 7. The standard InChI is InChI=1S/C30H29ClN8O4/c1-18-3-2-4-26(23-13-20(7-9-32-23)29-24(34-30(18)43)16-37(35-29)17-28(41)42)38-11-8-19(14-27(38)40)22-15-21(31)5-6-25(22)39-12-10-33-36-39/h5-7,9-10,12-16,18,26H,2-4,8,11,17H2,1H3,(H,34,43)(H,41,42)/t18-,26+/m1/s1. The van der Waals surface area contributed by atoms with Crippen LogP contribution in [0.15, 0.2) is 61.2 Å². The fourth-order valence-electron chi connectivity index (χ4n) is 5.67. The molecule has 0 aliphatic carbocycles. The van der Waals surface area contributed by atoms with Gasteiger partial charge in [-0.1, -0.05) is 30.2 Å². The highest BCUT2D eigenvalue weighted by Crippen LogP contribution is 2.37. The Morgan fingerprint density at radius 1 is 1.16 bits per heavy atom.